The van der Waals surface area contributed by atoms with Gasteiger partial charge in [-0.15, -0.1) is 0 Å². The lowest BCUT2D eigenvalue weighted by molar-refractivity contribution is -0.114. The number of piperazine rings is 1. The average Bonchev–Trinajstić information content (AvgIpc) is 2.79. The van der Waals surface area contributed by atoms with Crippen LogP contribution in [0.2, 0.25) is 0 Å². The van der Waals surface area contributed by atoms with Crippen molar-refractivity contribution in [3.63, 3.8) is 0 Å². The van der Waals surface area contributed by atoms with Gasteiger partial charge in [-0.1, -0.05) is 34.7 Å². The van der Waals surface area contributed by atoms with Gasteiger partial charge in [0.05, 0.1) is 27.7 Å². The van der Waals surface area contributed by atoms with E-state index in [4.69, 9.17) is 4.74 Å². The average molecular weight is 563 g/mol. The van der Waals surface area contributed by atoms with Gasteiger partial charge in [-0.2, -0.15) is 0 Å². The van der Waals surface area contributed by atoms with E-state index >= 15 is 0 Å². The fourth-order valence-electron chi connectivity index (χ4n) is 4.11. The number of hydrogen-bond donors (Lipinski definition) is 2. The van der Waals surface area contributed by atoms with Crippen LogP contribution in [-0.4, -0.2) is 57.7 Å². The van der Waals surface area contributed by atoms with Crippen molar-refractivity contribution in [1.29, 1.82) is 0 Å². The number of halogens is 1. The van der Waals surface area contributed by atoms with Gasteiger partial charge in [-0.3, -0.25) is 19.1 Å². The van der Waals surface area contributed by atoms with Crippen molar-refractivity contribution < 1.29 is 9.53 Å². The summed E-state index contributed by atoms with van der Waals surface area (Å²) in [6.07, 6.45) is 0. The molecule has 0 saturated carbocycles. The van der Waals surface area contributed by atoms with Crippen LogP contribution in [-0.2, 0) is 11.3 Å². The minimum atomic E-state index is -0.454. The first kappa shape index (κ1) is 23.3. The minimum absolute atomic E-state index is 0.218. The Bertz CT molecular complexity index is 1290. The van der Waals surface area contributed by atoms with E-state index in [9.17, 15) is 14.4 Å². The lowest BCUT2D eigenvalue weighted by Crippen LogP contribution is -2.52. The van der Waals surface area contributed by atoms with E-state index in [2.05, 4.69) is 48.8 Å². The third kappa shape index (κ3) is 5.06. The summed E-state index contributed by atoms with van der Waals surface area (Å²) >= 11 is 2.41. The van der Waals surface area contributed by atoms with E-state index < -0.39 is 5.69 Å². The van der Waals surface area contributed by atoms with Gasteiger partial charge in [0.1, 0.15) is 5.75 Å². The van der Waals surface area contributed by atoms with Gasteiger partial charge in [-0.05, 0) is 30.3 Å². The number of carbonyl (C=O) groups excluding carboxylic acids is 1. The number of H-pyrrole nitrogens is 1. The first-order chi connectivity index (χ1) is 15.9. The quantitative estimate of drug-likeness (QED) is 0.271. The van der Waals surface area contributed by atoms with E-state index in [0.717, 1.165) is 31.1 Å². The van der Waals surface area contributed by atoms with Crippen LogP contribution < -0.4 is 26.2 Å². The molecule has 2 N–H and O–H groups in total. The van der Waals surface area contributed by atoms with Crippen molar-refractivity contribution in [3.05, 3.63) is 63.3 Å². The number of amides is 1. The first-order valence-corrected chi connectivity index (χ1v) is 11.9. The summed E-state index contributed by atoms with van der Waals surface area (Å²) in [5.41, 5.74) is 1.22. The molecule has 1 unspecified atom stereocenters. The molecule has 1 amide bonds. The van der Waals surface area contributed by atoms with Crippen molar-refractivity contribution in [2.45, 2.75) is 17.5 Å². The zero-order valence-electron chi connectivity index (χ0n) is 18.5. The number of rotatable bonds is 6. The number of fused-ring (bicyclic) bond motifs is 1. The van der Waals surface area contributed by atoms with E-state index in [1.807, 2.05) is 18.2 Å². The van der Waals surface area contributed by atoms with Crippen LogP contribution in [0.1, 0.15) is 6.92 Å². The molecule has 4 rings (SSSR count). The van der Waals surface area contributed by atoms with Crippen LogP contribution in [0.15, 0.2) is 52.1 Å². The second kappa shape index (κ2) is 9.96. The molecule has 1 aromatic heterocycles. The maximum absolute atomic E-state index is 13.0. The molecule has 2 heterocycles. The van der Waals surface area contributed by atoms with Crippen LogP contribution in [0.25, 0.3) is 10.9 Å². The Hall–Kier alpha value is -2.86. The Morgan fingerprint density at radius 3 is 2.70 bits per heavy atom. The van der Waals surface area contributed by atoms with Crippen molar-refractivity contribution in [3.8, 4) is 5.75 Å². The predicted molar refractivity (Wildman–Crippen MR) is 138 cm³/mol. The number of nitrogens with one attached hydrogen (secondary N) is 2. The molecular weight excluding hydrogens is 537 g/mol. The van der Waals surface area contributed by atoms with Gasteiger partial charge in [0, 0.05) is 45.3 Å². The standard InChI is InChI=1S/C23H26IN5O4/c1-15(30)25-16-7-8-17-18(13-16)26-23(32)29(22(17)31)12-11-27-9-10-28(14-21(27)24)19-5-3-4-6-20(19)33-2/h3-8,13,21H,9-12,14H2,1-2H3,(H,25,30)(H,26,32). The highest BCUT2D eigenvalue weighted by Gasteiger charge is 2.26. The minimum Gasteiger partial charge on any atom is -0.495 e. The molecule has 3 aromatic rings. The monoisotopic (exact) mass is 563 g/mol. The van der Waals surface area contributed by atoms with Crippen LogP contribution in [0.5, 0.6) is 5.75 Å². The van der Waals surface area contributed by atoms with Crippen molar-refractivity contribution >= 4 is 50.8 Å². The third-order valence-electron chi connectivity index (χ3n) is 5.76. The molecule has 1 aliphatic rings. The maximum Gasteiger partial charge on any atom is 0.328 e. The number of nitrogens with zero attached hydrogens (tertiary/aromatic N) is 3. The smallest absolute Gasteiger partial charge is 0.328 e. The van der Waals surface area contributed by atoms with Gasteiger partial charge < -0.3 is 19.9 Å². The van der Waals surface area contributed by atoms with E-state index in [1.165, 1.54) is 11.5 Å². The highest BCUT2D eigenvalue weighted by molar-refractivity contribution is 14.1. The molecule has 174 valence electrons. The molecule has 0 radical (unpaired) electrons. The SMILES string of the molecule is COc1ccccc1N1CCN(CCn2c(=O)[nH]c3cc(NC(C)=O)ccc3c2=O)C(I)C1. The molecule has 0 spiro atoms. The summed E-state index contributed by atoms with van der Waals surface area (Å²) in [4.78, 5) is 44.2. The van der Waals surface area contributed by atoms with Gasteiger partial charge in [0.2, 0.25) is 5.91 Å². The van der Waals surface area contributed by atoms with Crippen LogP contribution in [0.4, 0.5) is 11.4 Å². The molecule has 2 aromatic carbocycles. The molecular formula is C23H26IN5O4. The number of hydrogen-bond acceptors (Lipinski definition) is 6. The summed E-state index contributed by atoms with van der Waals surface area (Å²) in [6.45, 7) is 4.75. The number of carbonyl (C=O) groups is 1. The highest BCUT2D eigenvalue weighted by atomic mass is 127. The Morgan fingerprint density at radius 2 is 1.97 bits per heavy atom. The largest absolute Gasteiger partial charge is 0.495 e. The number of aromatic nitrogens is 2. The molecule has 9 nitrogen and oxygen atoms in total. The Balaban J connectivity index is 1.47. The number of alkyl halides is 1. The number of para-hydroxylation sites is 2. The Labute approximate surface area is 204 Å². The molecule has 0 bridgehead atoms. The summed E-state index contributed by atoms with van der Waals surface area (Å²) < 4.78 is 6.96. The van der Waals surface area contributed by atoms with Crippen LogP contribution in [0.3, 0.4) is 0 Å². The second-order valence-corrected chi connectivity index (χ2v) is 9.35. The molecule has 1 saturated heterocycles. The van der Waals surface area contributed by atoms with Crippen molar-refractivity contribution in [2.75, 3.05) is 43.5 Å². The number of aromatic amines is 1. The molecule has 33 heavy (non-hydrogen) atoms. The second-order valence-electron chi connectivity index (χ2n) is 7.92. The number of methoxy groups -OCH3 is 1. The molecule has 1 fully saturated rings. The summed E-state index contributed by atoms with van der Waals surface area (Å²) in [6, 6.07) is 12.9. The zero-order chi connectivity index (χ0) is 23.5. The summed E-state index contributed by atoms with van der Waals surface area (Å²) in [5, 5.41) is 3.07. The molecule has 0 aliphatic carbocycles. The van der Waals surface area contributed by atoms with Crippen molar-refractivity contribution in [2.24, 2.45) is 0 Å². The highest BCUT2D eigenvalue weighted by Crippen LogP contribution is 2.30. The normalized spacial score (nSPS) is 16.7. The molecule has 1 atom stereocenters. The maximum atomic E-state index is 13.0. The van der Waals surface area contributed by atoms with Crippen LogP contribution >= 0.6 is 22.6 Å². The fraction of sp³-hybridized carbons (Fsp3) is 0.348. The molecule has 10 heteroatoms. The van der Waals surface area contributed by atoms with Gasteiger partial charge in [0.15, 0.2) is 0 Å². The number of anilines is 2. The summed E-state index contributed by atoms with van der Waals surface area (Å²) in [5.74, 6) is 0.634. The Morgan fingerprint density at radius 1 is 1.18 bits per heavy atom. The zero-order valence-corrected chi connectivity index (χ0v) is 20.7. The summed E-state index contributed by atoms with van der Waals surface area (Å²) in [7, 11) is 1.68. The first-order valence-electron chi connectivity index (χ1n) is 10.7. The van der Waals surface area contributed by atoms with Gasteiger partial charge in [-0.25, -0.2) is 4.79 Å². The van der Waals surface area contributed by atoms with E-state index in [0.29, 0.717) is 29.7 Å². The van der Waals surface area contributed by atoms with Gasteiger partial charge >= 0.3 is 5.69 Å². The lowest BCUT2D eigenvalue weighted by atomic mass is 10.2. The van der Waals surface area contributed by atoms with Crippen molar-refractivity contribution in [1.82, 2.24) is 14.5 Å². The third-order valence-corrected chi connectivity index (χ3v) is 6.95. The number of ether oxygens (including phenoxy) is 1. The van der Waals surface area contributed by atoms with Crippen LogP contribution in [0, 0.1) is 0 Å². The fourth-order valence-corrected chi connectivity index (χ4v) is 5.14. The topological polar surface area (TPSA) is 99.7 Å². The number of benzene rings is 2. The lowest BCUT2D eigenvalue weighted by Gasteiger charge is -2.40. The van der Waals surface area contributed by atoms with E-state index in [1.54, 1.807) is 25.3 Å². The predicted octanol–water partition coefficient (Wildman–Crippen LogP) is 2.24. The molecule has 1 aliphatic heterocycles. The Kier molecular flexibility index (Phi) is 7.03. The van der Waals surface area contributed by atoms with Gasteiger partial charge in [0.25, 0.3) is 5.56 Å². The van der Waals surface area contributed by atoms with E-state index in [-0.39, 0.29) is 15.5 Å².